The number of aliphatic hydroxyl groups is 1. The fraction of sp³-hybridized carbons (Fsp3) is 0.571. The van der Waals surface area contributed by atoms with Crippen LogP contribution < -0.4 is 0 Å². The molecule has 27 heavy (non-hydrogen) atoms. The van der Waals surface area contributed by atoms with Crippen LogP contribution in [0.5, 0.6) is 0 Å². The van der Waals surface area contributed by atoms with Crippen molar-refractivity contribution in [1.29, 1.82) is 0 Å². The van der Waals surface area contributed by atoms with E-state index in [9.17, 15) is 9.90 Å². The Morgan fingerprint density at radius 1 is 1.11 bits per heavy atom. The van der Waals surface area contributed by atoms with Gasteiger partial charge in [-0.3, -0.25) is 4.79 Å². The monoisotopic (exact) mass is 368 g/mol. The summed E-state index contributed by atoms with van der Waals surface area (Å²) in [4.78, 5) is 14.8. The van der Waals surface area contributed by atoms with E-state index in [1.54, 1.807) is 24.7 Å². The van der Waals surface area contributed by atoms with Crippen molar-refractivity contribution < 1.29 is 9.90 Å². The lowest BCUT2D eigenvalue weighted by Gasteiger charge is -2.42. The third-order valence-electron chi connectivity index (χ3n) is 6.03. The first-order valence-electron chi connectivity index (χ1n) is 9.90. The number of aromatic nitrogens is 3. The summed E-state index contributed by atoms with van der Waals surface area (Å²) in [6.07, 6.45) is 5.93. The first-order chi connectivity index (χ1) is 12.9. The van der Waals surface area contributed by atoms with Crippen molar-refractivity contribution in [2.75, 3.05) is 13.1 Å². The van der Waals surface area contributed by atoms with Crippen LogP contribution in [0.2, 0.25) is 0 Å². The Kier molecular flexibility index (Phi) is 4.76. The van der Waals surface area contributed by atoms with Crippen LogP contribution in [0.15, 0.2) is 36.5 Å². The molecule has 0 spiro atoms. The first kappa shape index (κ1) is 18.2. The zero-order chi connectivity index (χ0) is 19.0. The van der Waals surface area contributed by atoms with Gasteiger partial charge in [-0.2, -0.15) is 0 Å². The molecule has 1 saturated heterocycles. The summed E-state index contributed by atoms with van der Waals surface area (Å²) >= 11 is 0. The normalized spacial score (nSPS) is 23.9. The van der Waals surface area contributed by atoms with Crippen molar-refractivity contribution in [3.63, 3.8) is 0 Å². The van der Waals surface area contributed by atoms with Crippen LogP contribution in [-0.2, 0) is 10.4 Å². The van der Waals surface area contributed by atoms with E-state index in [0.717, 1.165) is 25.7 Å². The highest BCUT2D eigenvalue weighted by atomic mass is 16.3. The molecule has 0 radical (unpaired) electrons. The Bertz CT molecular complexity index is 782. The fourth-order valence-electron chi connectivity index (χ4n) is 4.20. The van der Waals surface area contributed by atoms with Gasteiger partial charge in [0.05, 0.1) is 12.2 Å². The van der Waals surface area contributed by atoms with Crippen molar-refractivity contribution in [2.24, 2.45) is 5.92 Å². The van der Waals surface area contributed by atoms with Crippen molar-refractivity contribution in [1.82, 2.24) is 19.9 Å². The van der Waals surface area contributed by atoms with E-state index < -0.39 is 5.60 Å². The molecule has 1 aromatic carbocycles. The number of rotatable bonds is 4. The molecular formula is C21H28N4O2. The summed E-state index contributed by atoms with van der Waals surface area (Å²) in [6, 6.07) is 10.8. The molecule has 0 atom stereocenters. The van der Waals surface area contributed by atoms with Gasteiger partial charge >= 0.3 is 0 Å². The minimum absolute atomic E-state index is 0.161. The number of likely N-dealkylation sites (tertiary alicyclic amines) is 1. The summed E-state index contributed by atoms with van der Waals surface area (Å²) in [6.45, 7) is 4.77. The molecule has 4 rings (SSSR count). The molecule has 1 saturated carbocycles. The number of carbonyl (C=O) groups is 1. The summed E-state index contributed by atoms with van der Waals surface area (Å²) in [5.41, 5.74) is 0.974. The van der Waals surface area contributed by atoms with Crippen LogP contribution in [-0.4, -0.2) is 44.0 Å². The van der Waals surface area contributed by atoms with Gasteiger partial charge in [-0.05, 0) is 51.0 Å². The topological polar surface area (TPSA) is 71.2 Å². The van der Waals surface area contributed by atoms with E-state index in [1.807, 2.05) is 4.90 Å². The average molecular weight is 368 g/mol. The Labute approximate surface area is 160 Å². The fourth-order valence-corrected chi connectivity index (χ4v) is 4.20. The number of benzene rings is 1. The minimum atomic E-state index is -0.991. The van der Waals surface area contributed by atoms with E-state index in [2.05, 4.69) is 40.6 Å². The second-order valence-electron chi connectivity index (χ2n) is 8.50. The summed E-state index contributed by atoms with van der Waals surface area (Å²) in [5.74, 6) is 1.05. The van der Waals surface area contributed by atoms with Gasteiger partial charge in [0.1, 0.15) is 11.3 Å². The van der Waals surface area contributed by atoms with Crippen molar-refractivity contribution >= 4 is 5.91 Å². The van der Waals surface area contributed by atoms with Crippen molar-refractivity contribution in [3.8, 4) is 0 Å². The number of carbonyl (C=O) groups excluding carboxylic acids is 1. The predicted molar refractivity (Wildman–Crippen MR) is 102 cm³/mol. The summed E-state index contributed by atoms with van der Waals surface area (Å²) in [7, 11) is 0. The number of hydrogen-bond acceptors (Lipinski definition) is 4. The SMILES string of the molecule is CC(C)(O)c1cn(C2CN(C(=O)C3CCC(c4ccccc4)CC3)C2)nn1. The molecule has 1 amide bonds. The zero-order valence-corrected chi connectivity index (χ0v) is 16.1. The maximum absolute atomic E-state index is 12.8. The Morgan fingerprint density at radius 3 is 2.37 bits per heavy atom. The van der Waals surface area contributed by atoms with E-state index in [-0.39, 0.29) is 12.0 Å². The van der Waals surface area contributed by atoms with E-state index in [4.69, 9.17) is 0 Å². The quantitative estimate of drug-likeness (QED) is 0.901. The molecule has 2 fully saturated rings. The van der Waals surface area contributed by atoms with Crippen molar-refractivity contribution in [2.45, 2.75) is 57.1 Å². The maximum Gasteiger partial charge on any atom is 0.225 e. The van der Waals surface area contributed by atoms with Crippen LogP contribution >= 0.6 is 0 Å². The van der Waals surface area contributed by atoms with E-state index in [0.29, 0.717) is 30.6 Å². The third kappa shape index (κ3) is 3.76. The molecule has 2 heterocycles. The molecule has 144 valence electrons. The highest BCUT2D eigenvalue weighted by Crippen LogP contribution is 2.37. The largest absolute Gasteiger partial charge is 0.384 e. The molecule has 0 bridgehead atoms. The van der Waals surface area contributed by atoms with Crippen LogP contribution in [0, 0.1) is 5.92 Å². The number of nitrogens with zero attached hydrogens (tertiary/aromatic N) is 4. The molecule has 2 aromatic rings. The number of amides is 1. The highest BCUT2D eigenvalue weighted by molar-refractivity contribution is 5.79. The van der Waals surface area contributed by atoms with Crippen LogP contribution in [0.4, 0.5) is 0 Å². The van der Waals surface area contributed by atoms with Gasteiger partial charge in [0.2, 0.25) is 5.91 Å². The second kappa shape index (κ2) is 7.08. The molecular weight excluding hydrogens is 340 g/mol. The lowest BCUT2D eigenvalue weighted by atomic mass is 9.78. The van der Waals surface area contributed by atoms with Gasteiger partial charge in [0.25, 0.3) is 0 Å². The van der Waals surface area contributed by atoms with Gasteiger partial charge in [-0.25, -0.2) is 4.68 Å². The molecule has 6 heteroatoms. The standard InChI is InChI=1S/C21H28N4O2/c1-21(2,27)19-14-25(23-22-19)18-12-24(13-18)20(26)17-10-8-16(9-11-17)15-6-4-3-5-7-15/h3-7,14,16-18,27H,8-13H2,1-2H3. The summed E-state index contributed by atoms with van der Waals surface area (Å²) < 4.78 is 1.78. The van der Waals surface area contributed by atoms with Crippen molar-refractivity contribution in [3.05, 3.63) is 47.8 Å². The van der Waals surface area contributed by atoms with Gasteiger partial charge in [0.15, 0.2) is 0 Å². The second-order valence-corrected chi connectivity index (χ2v) is 8.50. The third-order valence-corrected chi connectivity index (χ3v) is 6.03. The molecule has 6 nitrogen and oxygen atoms in total. The lowest BCUT2D eigenvalue weighted by Crippen LogP contribution is -2.53. The number of hydrogen-bond donors (Lipinski definition) is 1. The zero-order valence-electron chi connectivity index (χ0n) is 16.1. The minimum Gasteiger partial charge on any atom is -0.384 e. The predicted octanol–water partition coefficient (Wildman–Crippen LogP) is 2.86. The van der Waals surface area contributed by atoms with Crippen LogP contribution in [0.25, 0.3) is 0 Å². The molecule has 2 aliphatic rings. The highest BCUT2D eigenvalue weighted by Gasteiger charge is 2.38. The van der Waals surface area contributed by atoms with Gasteiger partial charge < -0.3 is 10.0 Å². The van der Waals surface area contributed by atoms with Gasteiger partial charge in [-0.15, -0.1) is 5.10 Å². The molecule has 1 aliphatic heterocycles. The van der Waals surface area contributed by atoms with Crippen LogP contribution in [0.3, 0.4) is 0 Å². The van der Waals surface area contributed by atoms with E-state index in [1.165, 1.54) is 5.56 Å². The molecule has 0 unspecified atom stereocenters. The Morgan fingerprint density at radius 2 is 1.78 bits per heavy atom. The van der Waals surface area contributed by atoms with E-state index >= 15 is 0 Å². The molecule has 1 aliphatic carbocycles. The maximum atomic E-state index is 12.8. The van der Waals surface area contributed by atoms with Gasteiger partial charge in [0, 0.05) is 19.0 Å². The smallest absolute Gasteiger partial charge is 0.225 e. The van der Waals surface area contributed by atoms with Crippen LogP contribution in [0.1, 0.15) is 62.7 Å². The van der Waals surface area contributed by atoms with Gasteiger partial charge in [-0.1, -0.05) is 35.5 Å². The summed E-state index contributed by atoms with van der Waals surface area (Å²) in [5, 5.41) is 18.2. The average Bonchev–Trinajstić information content (AvgIpc) is 3.11. The Balaban J connectivity index is 1.28. The Hall–Kier alpha value is -2.21. The lowest BCUT2D eigenvalue weighted by molar-refractivity contribution is -0.142. The molecule has 1 aromatic heterocycles. The molecule has 1 N–H and O–H groups in total. The first-order valence-corrected chi connectivity index (χ1v) is 9.90.